The van der Waals surface area contributed by atoms with Crippen molar-refractivity contribution in [2.24, 2.45) is 0 Å². The van der Waals surface area contributed by atoms with E-state index in [9.17, 15) is 12.8 Å². The molecule has 1 aliphatic heterocycles. The number of halogens is 2. The van der Waals surface area contributed by atoms with Gasteiger partial charge in [-0.25, -0.2) is 17.2 Å². The molecule has 1 aromatic heterocycles. The summed E-state index contributed by atoms with van der Waals surface area (Å²) in [6, 6.07) is 7.33. The van der Waals surface area contributed by atoms with Crippen molar-refractivity contribution in [2.75, 3.05) is 31.6 Å². The highest BCUT2D eigenvalue weighted by molar-refractivity contribution is 7.89. The van der Waals surface area contributed by atoms with Crippen LogP contribution < -0.4 is 5.32 Å². The van der Waals surface area contributed by atoms with Gasteiger partial charge in [-0.05, 0) is 49.6 Å². The second-order valence-corrected chi connectivity index (χ2v) is 9.84. The van der Waals surface area contributed by atoms with Crippen molar-refractivity contribution >= 4 is 32.4 Å². The van der Waals surface area contributed by atoms with Gasteiger partial charge in [-0.3, -0.25) is 4.68 Å². The van der Waals surface area contributed by atoms with E-state index in [0.29, 0.717) is 28.0 Å². The first-order chi connectivity index (χ1) is 14.8. The number of morpholine rings is 1. The molecule has 1 aliphatic carbocycles. The summed E-state index contributed by atoms with van der Waals surface area (Å²) in [6.45, 7) is 2.57. The molecule has 0 spiro atoms. The molecule has 3 aromatic rings. The molecule has 2 aromatic carbocycles. The molecule has 10 heteroatoms. The van der Waals surface area contributed by atoms with Gasteiger partial charge in [0.05, 0.1) is 24.8 Å². The zero-order valence-electron chi connectivity index (χ0n) is 16.9. The second kappa shape index (κ2) is 7.54. The number of fused-ring (bicyclic) bond motifs is 1. The number of rotatable bonds is 5. The van der Waals surface area contributed by atoms with Gasteiger partial charge in [0.2, 0.25) is 10.0 Å². The van der Waals surface area contributed by atoms with Crippen molar-refractivity contribution in [1.29, 1.82) is 0 Å². The third kappa shape index (κ3) is 3.68. The second-order valence-electron chi connectivity index (χ2n) is 7.93. The largest absolute Gasteiger partial charge is 0.379 e. The quantitative estimate of drug-likeness (QED) is 0.644. The van der Waals surface area contributed by atoms with E-state index in [1.807, 2.05) is 0 Å². The van der Waals surface area contributed by atoms with Gasteiger partial charge in [-0.2, -0.15) is 9.40 Å². The van der Waals surface area contributed by atoms with E-state index in [-0.39, 0.29) is 43.1 Å². The van der Waals surface area contributed by atoms with Gasteiger partial charge in [0.25, 0.3) is 0 Å². The first kappa shape index (κ1) is 20.3. The highest BCUT2D eigenvalue weighted by atomic mass is 32.2. The van der Waals surface area contributed by atoms with Crippen LogP contribution >= 0.6 is 0 Å². The Morgan fingerprint density at radius 1 is 1.10 bits per heavy atom. The van der Waals surface area contributed by atoms with Crippen molar-refractivity contribution in [3.63, 3.8) is 0 Å². The summed E-state index contributed by atoms with van der Waals surface area (Å²) < 4.78 is 63.1. The number of aryl methyl sites for hydroxylation is 1. The van der Waals surface area contributed by atoms with E-state index in [1.54, 1.807) is 23.7 Å². The molecule has 0 bridgehead atoms. The lowest BCUT2D eigenvalue weighted by Crippen LogP contribution is -2.40. The van der Waals surface area contributed by atoms with E-state index in [0.717, 1.165) is 12.8 Å². The zero-order valence-corrected chi connectivity index (χ0v) is 17.8. The molecule has 0 amide bonds. The Bertz CT molecular complexity index is 1270. The number of sulfonamides is 1. The lowest BCUT2D eigenvalue weighted by Gasteiger charge is -2.26. The maximum Gasteiger partial charge on any atom is 0.246 e. The third-order valence-electron chi connectivity index (χ3n) is 5.66. The van der Waals surface area contributed by atoms with Crippen molar-refractivity contribution in [3.8, 4) is 0 Å². The van der Waals surface area contributed by atoms with Gasteiger partial charge >= 0.3 is 0 Å². The minimum absolute atomic E-state index is 0.161. The van der Waals surface area contributed by atoms with E-state index in [4.69, 9.17) is 4.74 Å². The number of nitrogens with zero attached hydrogens (tertiary/aromatic N) is 3. The number of hydrogen-bond donors (Lipinski definition) is 1. The Morgan fingerprint density at radius 3 is 2.52 bits per heavy atom. The average Bonchev–Trinajstić information content (AvgIpc) is 3.54. The van der Waals surface area contributed by atoms with Gasteiger partial charge < -0.3 is 10.1 Å². The lowest BCUT2D eigenvalue weighted by atomic mass is 10.2. The Hall–Kier alpha value is -2.56. The number of benzene rings is 2. The summed E-state index contributed by atoms with van der Waals surface area (Å²) in [6.07, 6.45) is 1.86. The van der Waals surface area contributed by atoms with Crippen LogP contribution in [-0.2, 0) is 14.8 Å². The normalized spacial score (nSPS) is 17.9. The Morgan fingerprint density at radius 2 is 1.84 bits per heavy atom. The average molecular weight is 448 g/mol. The Kier molecular flexibility index (Phi) is 4.95. The molecule has 164 valence electrons. The molecule has 2 fully saturated rings. The third-order valence-corrected chi connectivity index (χ3v) is 7.57. The van der Waals surface area contributed by atoms with Gasteiger partial charge in [-0.15, -0.1) is 0 Å². The Balaban J connectivity index is 1.62. The molecule has 0 radical (unpaired) electrons. The van der Waals surface area contributed by atoms with Crippen LogP contribution in [0.1, 0.15) is 24.4 Å². The summed E-state index contributed by atoms with van der Waals surface area (Å²) in [4.78, 5) is -0.379. The molecule has 1 saturated heterocycles. The van der Waals surface area contributed by atoms with Crippen LogP contribution in [0.3, 0.4) is 0 Å². The molecule has 0 atom stereocenters. The predicted octanol–water partition coefficient (Wildman–Crippen LogP) is 3.72. The predicted molar refractivity (Wildman–Crippen MR) is 112 cm³/mol. The maximum atomic E-state index is 15.0. The van der Waals surface area contributed by atoms with Crippen LogP contribution in [0.15, 0.2) is 35.2 Å². The Labute approximate surface area is 178 Å². The SMILES string of the molecule is Cc1cc(Nc2nn(C3CC3)c3cc(F)c(S(=O)(=O)N4CCOCC4)cc23)ccc1F. The van der Waals surface area contributed by atoms with Gasteiger partial charge in [-0.1, -0.05) is 0 Å². The molecule has 2 aliphatic rings. The van der Waals surface area contributed by atoms with Crippen LogP contribution in [0.25, 0.3) is 10.9 Å². The molecule has 7 nitrogen and oxygen atoms in total. The fourth-order valence-electron chi connectivity index (χ4n) is 3.81. The van der Waals surface area contributed by atoms with Crippen LogP contribution in [0, 0.1) is 18.6 Å². The van der Waals surface area contributed by atoms with Crippen LogP contribution in [0.5, 0.6) is 0 Å². The fraction of sp³-hybridized carbons (Fsp3) is 0.381. The number of anilines is 2. The number of aromatic nitrogens is 2. The monoisotopic (exact) mass is 448 g/mol. The summed E-state index contributed by atoms with van der Waals surface area (Å²) >= 11 is 0. The van der Waals surface area contributed by atoms with Crippen LogP contribution in [0.4, 0.5) is 20.3 Å². The van der Waals surface area contributed by atoms with E-state index < -0.39 is 15.8 Å². The van der Waals surface area contributed by atoms with E-state index in [2.05, 4.69) is 10.4 Å². The van der Waals surface area contributed by atoms with E-state index >= 15 is 4.39 Å². The maximum absolute atomic E-state index is 15.0. The minimum Gasteiger partial charge on any atom is -0.379 e. The molecule has 5 rings (SSSR count). The number of ether oxygens (including phenoxy) is 1. The highest BCUT2D eigenvalue weighted by Crippen LogP contribution is 2.40. The van der Waals surface area contributed by atoms with Crippen molar-refractivity contribution in [3.05, 3.63) is 47.5 Å². The van der Waals surface area contributed by atoms with E-state index in [1.165, 1.54) is 22.5 Å². The van der Waals surface area contributed by atoms with Crippen LogP contribution in [0.2, 0.25) is 0 Å². The number of nitrogens with one attached hydrogen (secondary N) is 1. The summed E-state index contributed by atoms with van der Waals surface area (Å²) in [5.41, 5.74) is 1.61. The standard InChI is InChI=1S/C21H22F2N4O3S/c1-13-10-14(2-5-17(13)22)24-21-16-11-20(31(28,29)26-6-8-30-9-7-26)18(23)12-19(16)27(25-21)15-3-4-15/h2,5,10-12,15H,3-4,6-9H2,1H3,(H,24,25). The summed E-state index contributed by atoms with van der Waals surface area (Å²) in [7, 11) is -4.02. The molecule has 1 N–H and O–H groups in total. The first-order valence-electron chi connectivity index (χ1n) is 10.2. The van der Waals surface area contributed by atoms with Gasteiger partial charge in [0.1, 0.15) is 16.5 Å². The minimum atomic E-state index is -4.02. The zero-order chi connectivity index (χ0) is 21.8. The highest BCUT2D eigenvalue weighted by Gasteiger charge is 2.32. The topological polar surface area (TPSA) is 76.5 Å². The lowest BCUT2D eigenvalue weighted by molar-refractivity contribution is 0.0729. The summed E-state index contributed by atoms with van der Waals surface area (Å²) in [5, 5.41) is 8.24. The van der Waals surface area contributed by atoms with Crippen molar-refractivity contribution < 1.29 is 21.9 Å². The van der Waals surface area contributed by atoms with Crippen molar-refractivity contribution in [2.45, 2.75) is 30.7 Å². The molecule has 0 unspecified atom stereocenters. The van der Waals surface area contributed by atoms with Crippen LogP contribution in [-0.4, -0.2) is 48.8 Å². The molecular weight excluding hydrogens is 426 g/mol. The summed E-state index contributed by atoms with van der Waals surface area (Å²) in [5.74, 6) is -0.712. The molecule has 2 heterocycles. The smallest absolute Gasteiger partial charge is 0.246 e. The van der Waals surface area contributed by atoms with Gasteiger partial charge in [0, 0.05) is 30.2 Å². The molecular formula is C21H22F2N4O3S. The molecule has 1 saturated carbocycles. The number of hydrogen-bond acceptors (Lipinski definition) is 5. The molecule has 31 heavy (non-hydrogen) atoms. The first-order valence-corrected chi connectivity index (χ1v) is 11.6. The fourth-order valence-corrected chi connectivity index (χ4v) is 5.29. The van der Waals surface area contributed by atoms with Crippen molar-refractivity contribution in [1.82, 2.24) is 14.1 Å². The van der Waals surface area contributed by atoms with Gasteiger partial charge in [0.15, 0.2) is 5.82 Å².